The SMILES string of the molecule is COc1cc(O)c2c(c1)C(=O)c1cc(OC)c(OC)c(O)c1C2=O. The van der Waals surface area contributed by atoms with Gasteiger partial charge in [-0.05, 0) is 12.1 Å². The molecule has 0 unspecified atom stereocenters. The molecule has 2 aromatic carbocycles. The van der Waals surface area contributed by atoms with Crippen LogP contribution in [-0.4, -0.2) is 43.1 Å². The summed E-state index contributed by atoms with van der Waals surface area (Å²) in [4.78, 5) is 25.5. The molecule has 0 saturated carbocycles. The zero-order valence-corrected chi connectivity index (χ0v) is 13.2. The predicted molar refractivity (Wildman–Crippen MR) is 82.7 cm³/mol. The van der Waals surface area contributed by atoms with Gasteiger partial charge in [0.2, 0.25) is 11.5 Å². The van der Waals surface area contributed by atoms with Crippen molar-refractivity contribution >= 4 is 11.6 Å². The van der Waals surface area contributed by atoms with E-state index in [2.05, 4.69) is 0 Å². The van der Waals surface area contributed by atoms with E-state index in [1.54, 1.807) is 0 Å². The summed E-state index contributed by atoms with van der Waals surface area (Å²) in [5.74, 6) is -1.84. The highest BCUT2D eigenvalue weighted by Crippen LogP contribution is 2.46. The summed E-state index contributed by atoms with van der Waals surface area (Å²) in [6, 6.07) is 3.92. The first kappa shape index (κ1) is 15.7. The van der Waals surface area contributed by atoms with Crippen LogP contribution in [0, 0.1) is 0 Å². The van der Waals surface area contributed by atoms with Crippen LogP contribution < -0.4 is 14.2 Å². The Morgan fingerprint density at radius 3 is 2.04 bits per heavy atom. The van der Waals surface area contributed by atoms with Gasteiger partial charge in [0, 0.05) is 17.2 Å². The summed E-state index contributed by atoms with van der Waals surface area (Å²) >= 11 is 0. The number of ketones is 2. The second-order valence-corrected chi connectivity index (χ2v) is 5.11. The molecule has 2 aromatic rings. The number of rotatable bonds is 3. The predicted octanol–water partition coefficient (Wildman–Crippen LogP) is 1.90. The molecule has 1 aliphatic rings. The van der Waals surface area contributed by atoms with Crippen LogP contribution in [-0.2, 0) is 0 Å². The molecule has 0 saturated heterocycles. The Kier molecular flexibility index (Phi) is 3.56. The number of aromatic hydroxyl groups is 2. The van der Waals surface area contributed by atoms with Gasteiger partial charge in [0.25, 0.3) is 0 Å². The molecule has 1 aliphatic carbocycles. The third kappa shape index (κ3) is 1.98. The van der Waals surface area contributed by atoms with Crippen molar-refractivity contribution < 1.29 is 34.0 Å². The summed E-state index contributed by atoms with van der Waals surface area (Å²) in [6.07, 6.45) is 0. The molecule has 0 heterocycles. The third-order valence-electron chi connectivity index (χ3n) is 3.91. The molecule has 0 spiro atoms. The van der Waals surface area contributed by atoms with Crippen molar-refractivity contribution in [2.24, 2.45) is 0 Å². The van der Waals surface area contributed by atoms with Crippen LogP contribution >= 0.6 is 0 Å². The van der Waals surface area contributed by atoms with Gasteiger partial charge in [-0.25, -0.2) is 0 Å². The molecule has 0 atom stereocenters. The number of carbonyl (C=O) groups excluding carboxylic acids is 2. The molecule has 0 amide bonds. The zero-order chi connectivity index (χ0) is 17.6. The molecule has 7 nitrogen and oxygen atoms in total. The van der Waals surface area contributed by atoms with Crippen LogP contribution in [0.1, 0.15) is 31.8 Å². The number of ether oxygens (including phenoxy) is 3. The summed E-state index contributed by atoms with van der Waals surface area (Å²) < 4.78 is 15.2. The lowest BCUT2D eigenvalue weighted by Gasteiger charge is -2.22. The van der Waals surface area contributed by atoms with Gasteiger partial charge in [0.15, 0.2) is 17.3 Å². The van der Waals surface area contributed by atoms with Gasteiger partial charge in [-0.15, -0.1) is 0 Å². The Bertz CT molecular complexity index is 883. The van der Waals surface area contributed by atoms with Crippen molar-refractivity contribution in [1.82, 2.24) is 0 Å². The number of hydrogen-bond donors (Lipinski definition) is 2. The van der Waals surface area contributed by atoms with Gasteiger partial charge in [0.1, 0.15) is 11.5 Å². The average molecular weight is 330 g/mol. The fourth-order valence-electron chi connectivity index (χ4n) is 2.79. The number of phenols is 2. The molecular formula is C17H14O7. The second-order valence-electron chi connectivity index (χ2n) is 5.11. The first-order valence-electron chi connectivity index (χ1n) is 6.92. The monoisotopic (exact) mass is 330 g/mol. The first-order valence-corrected chi connectivity index (χ1v) is 6.92. The standard InChI is InChI=1S/C17H14O7/c1-22-7-4-8-12(10(18)5-7)15(20)13-9(14(8)19)6-11(23-2)17(24-3)16(13)21/h4-6,18,21H,1-3H3. The fraction of sp³-hybridized carbons (Fsp3) is 0.176. The minimum atomic E-state index is -0.682. The highest BCUT2D eigenvalue weighted by Gasteiger charge is 2.37. The topological polar surface area (TPSA) is 102 Å². The first-order chi connectivity index (χ1) is 11.4. The molecule has 7 heteroatoms. The maximum absolute atomic E-state index is 12.8. The quantitative estimate of drug-likeness (QED) is 0.756. The lowest BCUT2D eigenvalue weighted by atomic mass is 9.82. The van der Waals surface area contributed by atoms with E-state index in [1.165, 1.54) is 39.5 Å². The van der Waals surface area contributed by atoms with Crippen LogP contribution in [0.15, 0.2) is 18.2 Å². The molecule has 24 heavy (non-hydrogen) atoms. The summed E-state index contributed by atoms with van der Waals surface area (Å²) in [5, 5.41) is 20.5. The van der Waals surface area contributed by atoms with Gasteiger partial charge < -0.3 is 24.4 Å². The Balaban J connectivity index is 2.35. The van der Waals surface area contributed by atoms with Crippen LogP contribution in [0.5, 0.6) is 28.7 Å². The zero-order valence-electron chi connectivity index (χ0n) is 13.2. The van der Waals surface area contributed by atoms with Gasteiger partial charge in [-0.3, -0.25) is 9.59 Å². The van der Waals surface area contributed by atoms with Crippen LogP contribution in [0.25, 0.3) is 0 Å². The molecule has 0 bridgehead atoms. The van der Waals surface area contributed by atoms with E-state index in [4.69, 9.17) is 14.2 Å². The van der Waals surface area contributed by atoms with E-state index in [0.717, 1.165) is 0 Å². The highest BCUT2D eigenvalue weighted by molar-refractivity contribution is 6.30. The fourth-order valence-corrected chi connectivity index (χ4v) is 2.79. The van der Waals surface area contributed by atoms with Gasteiger partial charge in [-0.1, -0.05) is 0 Å². The molecule has 0 fully saturated rings. The van der Waals surface area contributed by atoms with E-state index in [-0.39, 0.29) is 39.5 Å². The minimum absolute atomic E-state index is 0.00373. The van der Waals surface area contributed by atoms with E-state index >= 15 is 0 Å². The third-order valence-corrected chi connectivity index (χ3v) is 3.91. The number of methoxy groups -OCH3 is 3. The molecular weight excluding hydrogens is 316 g/mol. The lowest BCUT2D eigenvalue weighted by molar-refractivity contribution is 0.0973. The Labute approximate surface area is 137 Å². The number of carbonyl (C=O) groups is 2. The van der Waals surface area contributed by atoms with Crippen molar-refractivity contribution in [3.63, 3.8) is 0 Å². The van der Waals surface area contributed by atoms with Crippen molar-refractivity contribution in [3.05, 3.63) is 40.5 Å². The molecule has 0 radical (unpaired) electrons. The lowest BCUT2D eigenvalue weighted by Crippen LogP contribution is -2.21. The summed E-state index contributed by atoms with van der Waals surface area (Å²) in [6.45, 7) is 0. The molecule has 124 valence electrons. The maximum Gasteiger partial charge on any atom is 0.203 e. The van der Waals surface area contributed by atoms with E-state index < -0.39 is 23.1 Å². The van der Waals surface area contributed by atoms with E-state index in [0.29, 0.717) is 0 Å². The minimum Gasteiger partial charge on any atom is -0.507 e. The normalized spacial score (nSPS) is 12.5. The van der Waals surface area contributed by atoms with Crippen molar-refractivity contribution in [2.45, 2.75) is 0 Å². The average Bonchev–Trinajstić information content (AvgIpc) is 2.57. The number of benzene rings is 2. The van der Waals surface area contributed by atoms with Gasteiger partial charge in [0.05, 0.1) is 32.5 Å². The smallest absolute Gasteiger partial charge is 0.203 e. The van der Waals surface area contributed by atoms with E-state index in [1.807, 2.05) is 0 Å². The van der Waals surface area contributed by atoms with Crippen molar-refractivity contribution in [1.29, 1.82) is 0 Å². The van der Waals surface area contributed by atoms with Crippen LogP contribution in [0.2, 0.25) is 0 Å². The van der Waals surface area contributed by atoms with Gasteiger partial charge >= 0.3 is 0 Å². The molecule has 0 aromatic heterocycles. The highest BCUT2D eigenvalue weighted by atomic mass is 16.5. The molecule has 0 aliphatic heterocycles. The van der Waals surface area contributed by atoms with Crippen molar-refractivity contribution in [3.8, 4) is 28.7 Å². The molecule has 3 rings (SSSR count). The number of hydrogen-bond acceptors (Lipinski definition) is 7. The summed E-state index contributed by atoms with van der Waals surface area (Å²) in [7, 11) is 4.03. The van der Waals surface area contributed by atoms with E-state index in [9.17, 15) is 19.8 Å². The Hall–Kier alpha value is -3.22. The largest absolute Gasteiger partial charge is 0.507 e. The second kappa shape index (κ2) is 5.45. The Morgan fingerprint density at radius 2 is 1.46 bits per heavy atom. The molecule has 2 N–H and O–H groups in total. The Morgan fingerprint density at radius 1 is 0.792 bits per heavy atom. The van der Waals surface area contributed by atoms with Crippen LogP contribution in [0.4, 0.5) is 0 Å². The van der Waals surface area contributed by atoms with Gasteiger partial charge in [-0.2, -0.15) is 0 Å². The number of fused-ring (bicyclic) bond motifs is 2. The maximum atomic E-state index is 12.8. The van der Waals surface area contributed by atoms with Crippen LogP contribution in [0.3, 0.4) is 0 Å². The number of phenolic OH excluding ortho intramolecular Hbond substituents is 2. The van der Waals surface area contributed by atoms with Crippen molar-refractivity contribution in [2.75, 3.05) is 21.3 Å². The summed E-state index contributed by atoms with van der Waals surface area (Å²) in [5.41, 5.74) is -0.451.